The lowest BCUT2D eigenvalue weighted by Crippen LogP contribution is -1.97. The summed E-state index contributed by atoms with van der Waals surface area (Å²) in [6.07, 6.45) is 0. The minimum atomic E-state index is -0.465. The van der Waals surface area contributed by atoms with E-state index >= 15 is 0 Å². The van der Waals surface area contributed by atoms with Crippen molar-refractivity contribution >= 4 is 0 Å². The molecule has 0 radical (unpaired) electrons. The molecule has 5 nitrogen and oxygen atoms in total. The maximum atomic E-state index is 13.1. The number of hydrogen-bond donors (Lipinski definition) is 1. The second-order valence-electron chi connectivity index (χ2n) is 3.46. The smallest absolute Gasteiger partial charge is 0.253 e. The number of rotatable bonds is 4. The molecule has 1 heterocycles. The molecule has 2 rings (SSSR count). The minimum Gasteiger partial charge on any atom is -0.484 e. The Kier molecular flexibility index (Phi) is 3.34. The molecule has 90 valence electrons. The zero-order valence-electron chi connectivity index (χ0n) is 9.18. The van der Waals surface area contributed by atoms with Crippen molar-refractivity contribution in [1.29, 1.82) is 0 Å². The second kappa shape index (κ2) is 4.92. The molecule has 17 heavy (non-hydrogen) atoms. The number of aromatic nitrogens is 2. The molecular weight excluding hydrogens is 227 g/mol. The number of hydrogen-bond acceptors (Lipinski definition) is 5. The average Bonchev–Trinajstić information content (AvgIpc) is 2.72. The number of ether oxygens (including phenoxy) is 1. The Balaban J connectivity index is 2.05. The van der Waals surface area contributed by atoms with E-state index in [1.54, 1.807) is 13.0 Å². The predicted molar refractivity (Wildman–Crippen MR) is 55.7 cm³/mol. The number of nitrogens with zero attached hydrogens (tertiary/aromatic N) is 2. The van der Waals surface area contributed by atoms with Crippen LogP contribution in [0.15, 0.2) is 22.6 Å². The molecule has 0 unspecified atom stereocenters. The van der Waals surface area contributed by atoms with Crippen LogP contribution in [0.25, 0.3) is 0 Å². The summed E-state index contributed by atoms with van der Waals surface area (Å²) in [7, 11) is 0. The highest BCUT2D eigenvalue weighted by Gasteiger charge is 2.05. The minimum absolute atomic E-state index is 0.0646. The SMILES string of the molecule is Cc1nnc(COc2cc(F)cc(CO)c2)o1. The van der Waals surface area contributed by atoms with Crippen molar-refractivity contribution in [1.82, 2.24) is 10.2 Å². The van der Waals surface area contributed by atoms with Crippen LogP contribution in [0.3, 0.4) is 0 Å². The first kappa shape index (κ1) is 11.5. The number of halogens is 1. The van der Waals surface area contributed by atoms with Crippen LogP contribution in [-0.4, -0.2) is 15.3 Å². The van der Waals surface area contributed by atoms with E-state index < -0.39 is 5.82 Å². The van der Waals surface area contributed by atoms with Gasteiger partial charge in [-0.25, -0.2) is 4.39 Å². The van der Waals surface area contributed by atoms with Crippen LogP contribution in [0.5, 0.6) is 5.75 Å². The monoisotopic (exact) mass is 238 g/mol. The van der Waals surface area contributed by atoms with Crippen molar-refractivity contribution in [2.75, 3.05) is 0 Å². The Morgan fingerprint density at radius 2 is 2.18 bits per heavy atom. The molecule has 1 N–H and O–H groups in total. The Morgan fingerprint density at radius 3 is 2.82 bits per heavy atom. The molecule has 0 aliphatic heterocycles. The molecule has 0 saturated carbocycles. The fraction of sp³-hybridized carbons (Fsp3) is 0.273. The molecule has 0 bridgehead atoms. The van der Waals surface area contributed by atoms with Gasteiger partial charge in [0.25, 0.3) is 5.89 Å². The highest BCUT2D eigenvalue weighted by Crippen LogP contribution is 2.17. The van der Waals surface area contributed by atoms with Gasteiger partial charge in [0.05, 0.1) is 6.61 Å². The number of benzene rings is 1. The molecule has 0 aliphatic rings. The van der Waals surface area contributed by atoms with E-state index in [9.17, 15) is 4.39 Å². The molecule has 0 fully saturated rings. The third kappa shape index (κ3) is 3.01. The lowest BCUT2D eigenvalue weighted by molar-refractivity contribution is 0.255. The van der Waals surface area contributed by atoms with E-state index in [1.165, 1.54) is 12.1 Å². The van der Waals surface area contributed by atoms with Gasteiger partial charge in [-0.1, -0.05) is 0 Å². The Bertz CT molecular complexity index is 513. The first-order valence-corrected chi connectivity index (χ1v) is 4.99. The van der Waals surface area contributed by atoms with Gasteiger partial charge in [0.2, 0.25) is 5.89 Å². The highest BCUT2D eigenvalue weighted by atomic mass is 19.1. The number of aliphatic hydroxyl groups excluding tert-OH is 1. The molecule has 0 atom stereocenters. The molecule has 0 amide bonds. The van der Waals surface area contributed by atoms with Crippen LogP contribution in [-0.2, 0) is 13.2 Å². The molecular formula is C11H11FN2O3. The van der Waals surface area contributed by atoms with Gasteiger partial charge < -0.3 is 14.3 Å². The molecule has 0 saturated heterocycles. The zero-order valence-corrected chi connectivity index (χ0v) is 9.18. The molecule has 2 aromatic rings. The number of aliphatic hydroxyl groups is 1. The van der Waals surface area contributed by atoms with Crippen LogP contribution in [0, 0.1) is 12.7 Å². The lowest BCUT2D eigenvalue weighted by atomic mass is 10.2. The maximum Gasteiger partial charge on any atom is 0.253 e. The zero-order chi connectivity index (χ0) is 12.3. The summed E-state index contributed by atoms with van der Waals surface area (Å²) in [4.78, 5) is 0. The van der Waals surface area contributed by atoms with Crippen molar-refractivity contribution in [3.63, 3.8) is 0 Å². The number of aryl methyl sites for hydroxylation is 1. The van der Waals surface area contributed by atoms with Crippen LogP contribution >= 0.6 is 0 Å². The summed E-state index contributed by atoms with van der Waals surface area (Å²) in [6, 6.07) is 4.01. The van der Waals surface area contributed by atoms with Gasteiger partial charge in [-0.2, -0.15) is 0 Å². The molecule has 1 aromatic heterocycles. The molecule has 0 spiro atoms. The molecule has 6 heteroatoms. The summed E-state index contributed by atoms with van der Waals surface area (Å²) in [5.41, 5.74) is 0.446. The summed E-state index contributed by atoms with van der Waals surface area (Å²) in [5.74, 6) is 0.606. The third-order valence-electron chi connectivity index (χ3n) is 2.04. The van der Waals surface area contributed by atoms with E-state index in [2.05, 4.69) is 10.2 Å². The predicted octanol–water partition coefficient (Wildman–Crippen LogP) is 1.59. The van der Waals surface area contributed by atoms with Crippen molar-refractivity contribution in [2.45, 2.75) is 20.1 Å². The topological polar surface area (TPSA) is 68.4 Å². The third-order valence-corrected chi connectivity index (χ3v) is 2.04. The highest BCUT2D eigenvalue weighted by molar-refractivity contribution is 5.29. The fourth-order valence-electron chi connectivity index (χ4n) is 1.34. The van der Waals surface area contributed by atoms with Gasteiger partial charge in [0.15, 0.2) is 6.61 Å². The standard InChI is InChI=1S/C11H11FN2O3/c1-7-13-14-11(17-7)6-16-10-3-8(5-15)2-9(12)4-10/h2-4,15H,5-6H2,1H3. The summed E-state index contributed by atoms with van der Waals surface area (Å²) in [5, 5.41) is 16.3. The van der Waals surface area contributed by atoms with Crippen LogP contribution in [0.2, 0.25) is 0 Å². The Morgan fingerprint density at radius 1 is 1.35 bits per heavy atom. The van der Waals surface area contributed by atoms with Crippen molar-refractivity contribution in [3.05, 3.63) is 41.4 Å². The van der Waals surface area contributed by atoms with E-state index in [-0.39, 0.29) is 13.2 Å². The largest absolute Gasteiger partial charge is 0.484 e. The first-order chi connectivity index (χ1) is 8.17. The summed E-state index contributed by atoms with van der Waals surface area (Å²) < 4.78 is 23.5. The second-order valence-corrected chi connectivity index (χ2v) is 3.46. The summed E-state index contributed by atoms with van der Waals surface area (Å²) in [6.45, 7) is 1.49. The van der Waals surface area contributed by atoms with Gasteiger partial charge in [0.1, 0.15) is 11.6 Å². The van der Waals surface area contributed by atoms with E-state index in [0.717, 1.165) is 0 Å². The normalized spacial score (nSPS) is 10.5. The van der Waals surface area contributed by atoms with Gasteiger partial charge >= 0.3 is 0 Å². The van der Waals surface area contributed by atoms with Gasteiger partial charge in [-0.05, 0) is 17.7 Å². The Hall–Kier alpha value is -1.95. The molecule has 1 aromatic carbocycles. The van der Waals surface area contributed by atoms with Crippen LogP contribution < -0.4 is 4.74 Å². The summed E-state index contributed by atoms with van der Waals surface area (Å²) >= 11 is 0. The van der Waals surface area contributed by atoms with Gasteiger partial charge in [-0.3, -0.25) is 0 Å². The van der Waals surface area contributed by atoms with Crippen LogP contribution in [0.4, 0.5) is 4.39 Å². The van der Waals surface area contributed by atoms with E-state index in [4.69, 9.17) is 14.3 Å². The van der Waals surface area contributed by atoms with Gasteiger partial charge in [0, 0.05) is 13.0 Å². The van der Waals surface area contributed by atoms with Crippen molar-refractivity contribution < 1.29 is 18.7 Å². The van der Waals surface area contributed by atoms with E-state index in [0.29, 0.717) is 23.1 Å². The lowest BCUT2D eigenvalue weighted by Gasteiger charge is -2.05. The average molecular weight is 238 g/mol. The Labute approximate surface area is 96.9 Å². The van der Waals surface area contributed by atoms with Gasteiger partial charge in [-0.15, -0.1) is 10.2 Å². The van der Waals surface area contributed by atoms with Crippen molar-refractivity contribution in [2.24, 2.45) is 0 Å². The quantitative estimate of drug-likeness (QED) is 0.875. The van der Waals surface area contributed by atoms with E-state index in [1.807, 2.05) is 0 Å². The van der Waals surface area contributed by atoms with Crippen molar-refractivity contribution in [3.8, 4) is 5.75 Å². The maximum absolute atomic E-state index is 13.1. The van der Waals surface area contributed by atoms with Crippen LogP contribution in [0.1, 0.15) is 17.3 Å². The fourth-order valence-corrected chi connectivity index (χ4v) is 1.34. The first-order valence-electron chi connectivity index (χ1n) is 4.99. The molecule has 0 aliphatic carbocycles.